The van der Waals surface area contributed by atoms with Gasteiger partial charge in [-0.15, -0.1) is 0 Å². The average Bonchev–Trinajstić information content (AvgIpc) is 3.19. The minimum atomic E-state index is -0.780. The Balaban J connectivity index is 1.76. The molecule has 2 aliphatic rings. The Hall–Kier alpha value is -3.56. The van der Waals surface area contributed by atoms with Crippen LogP contribution >= 0.6 is 0 Å². The van der Waals surface area contributed by atoms with Crippen LogP contribution in [0.15, 0.2) is 48.0 Å². The summed E-state index contributed by atoms with van der Waals surface area (Å²) in [6.45, 7) is 10.8. The van der Waals surface area contributed by atoms with Gasteiger partial charge >= 0.3 is 0 Å². The molecule has 204 valence electrons. The van der Waals surface area contributed by atoms with E-state index in [0.29, 0.717) is 74.5 Å². The molecule has 1 amide bonds. The lowest BCUT2D eigenvalue weighted by Gasteiger charge is -2.31. The van der Waals surface area contributed by atoms with Gasteiger partial charge in [-0.2, -0.15) is 0 Å². The number of ether oxygens (including phenoxy) is 4. The van der Waals surface area contributed by atoms with E-state index >= 15 is 0 Å². The summed E-state index contributed by atoms with van der Waals surface area (Å²) in [5, 5.41) is 11.4. The number of hydrogen-bond donors (Lipinski definition) is 1. The van der Waals surface area contributed by atoms with Gasteiger partial charge in [-0.1, -0.05) is 6.07 Å². The topological polar surface area (TPSA) is 97.8 Å². The molecule has 1 unspecified atom stereocenters. The first-order valence-corrected chi connectivity index (χ1v) is 13.2. The molecule has 0 aromatic heterocycles. The van der Waals surface area contributed by atoms with E-state index in [1.807, 2.05) is 26.8 Å². The highest BCUT2D eigenvalue weighted by Crippen LogP contribution is 2.42. The molecule has 0 radical (unpaired) electrons. The second-order valence-corrected chi connectivity index (χ2v) is 8.98. The SMILES string of the molecule is CCOc1ccc(/C(O)=C2/C(=O)C(=O)N(CCN3CCOCC3)C2c2ccc(OCC)c(OCC)c2)cc1. The van der Waals surface area contributed by atoms with Crippen LogP contribution < -0.4 is 14.2 Å². The third-order valence-corrected chi connectivity index (χ3v) is 6.62. The predicted octanol–water partition coefficient (Wildman–Crippen LogP) is 3.64. The number of aliphatic hydroxyl groups excluding tert-OH is 1. The van der Waals surface area contributed by atoms with Gasteiger partial charge in [-0.25, -0.2) is 0 Å². The molecule has 38 heavy (non-hydrogen) atoms. The van der Waals surface area contributed by atoms with Gasteiger partial charge in [0.1, 0.15) is 11.5 Å². The van der Waals surface area contributed by atoms with Crippen molar-refractivity contribution in [3.63, 3.8) is 0 Å². The summed E-state index contributed by atoms with van der Waals surface area (Å²) in [4.78, 5) is 30.5. The average molecular weight is 525 g/mol. The molecule has 1 atom stereocenters. The van der Waals surface area contributed by atoms with Gasteiger partial charge in [0, 0.05) is 31.7 Å². The minimum absolute atomic E-state index is 0.0488. The summed E-state index contributed by atoms with van der Waals surface area (Å²) in [5.74, 6) is 0.177. The lowest BCUT2D eigenvalue weighted by molar-refractivity contribution is -0.140. The first kappa shape index (κ1) is 27.5. The Morgan fingerprint density at radius 1 is 0.895 bits per heavy atom. The molecule has 2 heterocycles. The fourth-order valence-electron chi connectivity index (χ4n) is 4.80. The van der Waals surface area contributed by atoms with Crippen LogP contribution in [0.3, 0.4) is 0 Å². The third kappa shape index (κ3) is 5.95. The van der Waals surface area contributed by atoms with Crippen LogP contribution in [0.5, 0.6) is 17.2 Å². The van der Waals surface area contributed by atoms with Crippen LogP contribution in [-0.4, -0.2) is 85.8 Å². The molecule has 2 aromatic carbocycles. The van der Waals surface area contributed by atoms with E-state index in [1.165, 1.54) is 0 Å². The number of carbonyl (C=O) groups is 2. The number of likely N-dealkylation sites (tertiary alicyclic amines) is 1. The van der Waals surface area contributed by atoms with Gasteiger partial charge < -0.3 is 29.0 Å². The van der Waals surface area contributed by atoms with Crippen molar-refractivity contribution in [2.24, 2.45) is 0 Å². The van der Waals surface area contributed by atoms with Gasteiger partial charge in [0.2, 0.25) is 0 Å². The highest BCUT2D eigenvalue weighted by molar-refractivity contribution is 6.46. The Morgan fingerprint density at radius 2 is 1.55 bits per heavy atom. The first-order chi connectivity index (χ1) is 18.5. The van der Waals surface area contributed by atoms with E-state index in [4.69, 9.17) is 18.9 Å². The third-order valence-electron chi connectivity index (χ3n) is 6.62. The highest BCUT2D eigenvalue weighted by Gasteiger charge is 2.46. The van der Waals surface area contributed by atoms with Crippen molar-refractivity contribution < 1.29 is 33.6 Å². The number of hydrogen-bond acceptors (Lipinski definition) is 8. The fourth-order valence-corrected chi connectivity index (χ4v) is 4.80. The molecule has 2 aliphatic heterocycles. The molecule has 2 saturated heterocycles. The Labute approximate surface area is 223 Å². The first-order valence-electron chi connectivity index (χ1n) is 13.2. The van der Waals surface area contributed by atoms with Crippen LogP contribution in [0.1, 0.15) is 37.9 Å². The maximum absolute atomic E-state index is 13.4. The summed E-state index contributed by atoms with van der Waals surface area (Å²) in [7, 11) is 0. The molecule has 9 heteroatoms. The molecule has 0 aliphatic carbocycles. The van der Waals surface area contributed by atoms with E-state index in [0.717, 1.165) is 13.1 Å². The van der Waals surface area contributed by atoms with Gasteiger partial charge in [0.15, 0.2) is 11.5 Å². The van der Waals surface area contributed by atoms with Crippen molar-refractivity contribution in [2.45, 2.75) is 26.8 Å². The van der Waals surface area contributed by atoms with Crippen molar-refractivity contribution in [1.82, 2.24) is 9.80 Å². The van der Waals surface area contributed by atoms with Crippen LogP contribution in [0.4, 0.5) is 0 Å². The van der Waals surface area contributed by atoms with Gasteiger partial charge in [-0.3, -0.25) is 14.5 Å². The smallest absolute Gasteiger partial charge is 0.295 e. The van der Waals surface area contributed by atoms with Crippen molar-refractivity contribution >= 4 is 17.4 Å². The zero-order valence-corrected chi connectivity index (χ0v) is 22.3. The number of nitrogens with zero attached hydrogens (tertiary/aromatic N) is 2. The van der Waals surface area contributed by atoms with Crippen molar-refractivity contribution in [1.29, 1.82) is 0 Å². The normalized spacial score (nSPS) is 19.6. The summed E-state index contributed by atoms with van der Waals surface area (Å²) < 4.78 is 22.5. The zero-order valence-electron chi connectivity index (χ0n) is 22.3. The molecule has 2 fully saturated rings. The lowest BCUT2D eigenvalue weighted by atomic mass is 9.95. The summed E-state index contributed by atoms with van der Waals surface area (Å²) in [5.41, 5.74) is 1.14. The Morgan fingerprint density at radius 3 is 2.21 bits per heavy atom. The number of amides is 1. The molecule has 0 saturated carbocycles. The number of carbonyl (C=O) groups excluding carboxylic acids is 2. The molecular weight excluding hydrogens is 488 g/mol. The second kappa shape index (κ2) is 12.8. The van der Waals surface area contributed by atoms with Crippen molar-refractivity contribution in [3.8, 4) is 17.2 Å². The molecule has 1 N–H and O–H groups in total. The van der Waals surface area contributed by atoms with E-state index in [2.05, 4.69) is 4.90 Å². The number of ketones is 1. The lowest BCUT2D eigenvalue weighted by Crippen LogP contribution is -2.42. The number of morpholine rings is 1. The quantitative estimate of drug-likeness (QED) is 0.270. The zero-order chi connectivity index (χ0) is 27.1. The predicted molar refractivity (Wildman–Crippen MR) is 143 cm³/mol. The second-order valence-electron chi connectivity index (χ2n) is 8.98. The summed E-state index contributed by atoms with van der Waals surface area (Å²) in [6, 6.07) is 11.4. The van der Waals surface area contributed by atoms with Crippen LogP contribution in [0.2, 0.25) is 0 Å². The van der Waals surface area contributed by atoms with Crippen LogP contribution in [-0.2, 0) is 14.3 Å². The van der Waals surface area contributed by atoms with Gasteiger partial charge in [-0.05, 0) is 62.7 Å². The molecular formula is C29H36N2O7. The molecule has 0 spiro atoms. The Kier molecular flexibility index (Phi) is 9.25. The van der Waals surface area contributed by atoms with E-state index < -0.39 is 17.7 Å². The maximum atomic E-state index is 13.4. The molecule has 4 rings (SSSR count). The van der Waals surface area contributed by atoms with Crippen molar-refractivity contribution in [3.05, 3.63) is 59.2 Å². The van der Waals surface area contributed by atoms with E-state index in [-0.39, 0.29) is 11.3 Å². The van der Waals surface area contributed by atoms with Crippen molar-refractivity contribution in [2.75, 3.05) is 59.2 Å². The van der Waals surface area contributed by atoms with E-state index in [1.54, 1.807) is 41.3 Å². The van der Waals surface area contributed by atoms with Gasteiger partial charge in [0.05, 0.1) is 44.6 Å². The maximum Gasteiger partial charge on any atom is 0.295 e. The monoisotopic (exact) mass is 524 g/mol. The largest absolute Gasteiger partial charge is 0.507 e. The minimum Gasteiger partial charge on any atom is -0.507 e. The molecule has 9 nitrogen and oxygen atoms in total. The van der Waals surface area contributed by atoms with E-state index in [9.17, 15) is 14.7 Å². The Bertz CT molecular complexity index is 1160. The fraction of sp³-hybridized carbons (Fsp3) is 0.448. The number of aliphatic hydroxyl groups is 1. The molecule has 0 bridgehead atoms. The number of Topliss-reactive ketones (excluding diaryl/α,β-unsaturated/α-hetero) is 1. The molecule has 2 aromatic rings. The summed E-state index contributed by atoms with van der Waals surface area (Å²) in [6.07, 6.45) is 0. The summed E-state index contributed by atoms with van der Waals surface area (Å²) >= 11 is 0. The number of rotatable bonds is 11. The number of benzene rings is 2. The van der Waals surface area contributed by atoms with Gasteiger partial charge in [0.25, 0.3) is 11.7 Å². The van der Waals surface area contributed by atoms with Crippen LogP contribution in [0.25, 0.3) is 5.76 Å². The highest BCUT2D eigenvalue weighted by atomic mass is 16.5. The van der Waals surface area contributed by atoms with Crippen LogP contribution in [0, 0.1) is 0 Å². The standard InChI is InChI=1S/C29H36N2O7/c1-4-36-22-10-7-20(8-11-22)27(32)25-26(21-9-12-23(37-5-2)24(19-21)38-6-3)31(29(34)28(25)33)14-13-30-15-17-35-18-16-30/h7-12,19,26,32H,4-6,13-18H2,1-3H3/b27-25-.